The molecule has 2 unspecified atom stereocenters. The lowest BCUT2D eigenvalue weighted by Gasteiger charge is -2.10. The first-order chi connectivity index (χ1) is 8.79. The van der Waals surface area contributed by atoms with Gasteiger partial charge in [-0.15, -0.1) is 30.6 Å². The zero-order chi connectivity index (χ0) is 12.8. The second-order valence-electron chi connectivity index (χ2n) is 4.69. The van der Waals surface area contributed by atoms with Gasteiger partial charge in [0.2, 0.25) is 0 Å². The number of halogens is 1. The Balaban J connectivity index is 0.00000180. The summed E-state index contributed by atoms with van der Waals surface area (Å²) in [6.45, 7) is 7.40. The third-order valence-corrected chi connectivity index (χ3v) is 3.05. The van der Waals surface area contributed by atoms with Crippen molar-refractivity contribution in [3.8, 4) is 0 Å². The number of hydrogen-bond donors (Lipinski definition) is 2. The van der Waals surface area contributed by atoms with E-state index in [1.807, 2.05) is 18.2 Å². The van der Waals surface area contributed by atoms with Crippen LogP contribution in [-0.4, -0.2) is 25.1 Å². The fourth-order valence-corrected chi connectivity index (χ4v) is 1.75. The van der Waals surface area contributed by atoms with Crippen LogP contribution in [0.3, 0.4) is 0 Å². The van der Waals surface area contributed by atoms with E-state index in [9.17, 15) is 0 Å². The van der Waals surface area contributed by atoms with Gasteiger partial charge in [-0.05, 0) is 24.5 Å². The van der Waals surface area contributed by atoms with Gasteiger partial charge in [0.15, 0.2) is 5.96 Å². The minimum Gasteiger partial charge on any atom is -0.469 e. The Bertz CT molecular complexity index is 403. The molecule has 1 fully saturated rings. The molecule has 0 amide bonds. The second kappa shape index (κ2) is 8.24. The fourth-order valence-electron chi connectivity index (χ4n) is 1.75. The van der Waals surface area contributed by atoms with E-state index in [1.165, 1.54) is 6.42 Å². The first-order valence-electron chi connectivity index (χ1n) is 6.47. The van der Waals surface area contributed by atoms with E-state index < -0.39 is 0 Å². The lowest BCUT2D eigenvalue weighted by molar-refractivity contribution is 0.510. The third-order valence-electron chi connectivity index (χ3n) is 3.05. The molecule has 5 heteroatoms. The van der Waals surface area contributed by atoms with Gasteiger partial charge in [0.25, 0.3) is 0 Å². The Hall–Kier alpha value is -0.980. The zero-order valence-electron chi connectivity index (χ0n) is 11.3. The predicted octanol–water partition coefficient (Wildman–Crippen LogP) is 2.57. The molecule has 0 spiro atoms. The average molecular weight is 375 g/mol. The van der Waals surface area contributed by atoms with Crippen molar-refractivity contribution in [2.45, 2.75) is 25.8 Å². The Labute approximate surface area is 131 Å². The number of rotatable bonds is 6. The number of furan rings is 1. The molecule has 106 valence electrons. The van der Waals surface area contributed by atoms with E-state index in [0.717, 1.165) is 37.1 Å². The highest BCUT2D eigenvalue weighted by atomic mass is 127. The van der Waals surface area contributed by atoms with Crippen molar-refractivity contribution in [1.29, 1.82) is 0 Å². The Morgan fingerprint density at radius 1 is 1.63 bits per heavy atom. The monoisotopic (exact) mass is 375 g/mol. The third kappa shape index (κ3) is 5.67. The van der Waals surface area contributed by atoms with Crippen LogP contribution in [0.4, 0.5) is 0 Å². The minimum absolute atomic E-state index is 0. The van der Waals surface area contributed by atoms with Crippen LogP contribution in [0.2, 0.25) is 0 Å². The maximum Gasteiger partial charge on any atom is 0.191 e. The van der Waals surface area contributed by atoms with Gasteiger partial charge in [0.05, 0.1) is 6.26 Å². The molecular formula is C14H22IN3O. The summed E-state index contributed by atoms with van der Waals surface area (Å²) < 4.78 is 5.28. The van der Waals surface area contributed by atoms with E-state index in [1.54, 1.807) is 6.26 Å². The number of nitrogens with zero attached hydrogens (tertiary/aromatic N) is 1. The van der Waals surface area contributed by atoms with Gasteiger partial charge in [-0.2, -0.15) is 0 Å². The SMILES string of the molecule is C=CCNC(=NCCc1ccco1)NC1CC1C.I. The van der Waals surface area contributed by atoms with Crippen LogP contribution < -0.4 is 10.6 Å². The van der Waals surface area contributed by atoms with Crippen LogP contribution in [0.1, 0.15) is 19.1 Å². The molecule has 0 radical (unpaired) electrons. The Kier molecular flexibility index (Phi) is 6.97. The van der Waals surface area contributed by atoms with Crippen LogP contribution >= 0.6 is 24.0 Å². The van der Waals surface area contributed by atoms with Crippen molar-refractivity contribution in [2.75, 3.05) is 13.1 Å². The highest BCUT2D eigenvalue weighted by molar-refractivity contribution is 14.0. The van der Waals surface area contributed by atoms with Crippen LogP contribution in [0, 0.1) is 5.92 Å². The molecule has 19 heavy (non-hydrogen) atoms. The molecule has 2 atom stereocenters. The van der Waals surface area contributed by atoms with Crippen molar-refractivity contribution in [1.82, 2.24) is 10.6 Å². The fraction of sp³-hybridized carbons (Fsp3) is 0.500. The van der Waals surface area contributed by atoms with Gasteiger partial charge in [-0.25, -0.2) is 0 Å². The molecule has 1 aliphatic rings. The molecule has 1 aliphatic carbocycles. The lowest BCUT2D eigenvalue weighted by atomic mass is 10.3. The van der Waals surface area contributed by atoms with Crippen molar-refractivity contribution in [3.05, 3.63) is 36.8 Å². The number of aliphatic imine (C=N–C) groups is 1. The molecule has 1 aromatic heterocycles. The van der Waals surface area contributed by atoms with Crippen LogP contribution in [-0.2, 0) is 6.42 Å². The quantitative estimate of drug-likeness (QED) is 0.348. The van der Waals surface area contributed by atoms with E-state index in [4.69, 9.17) is 4.42 Å². The van der Waals surface area contributed by atoms with Crippen LogP contribution in [0.5, 0.6) is 0 Å². The smallest absolute Gasteiger partial charge is 0.191 e. The number of hydrogen-bond acceptors (Lipinski definition) is 2. The summed E-state index contributed by atoms with van der Waals surface area (Å²) in [4.78, 5) is 4.54. The molecule has 0 aromatic carbocycles. The van der Waals surface area contributed by atoms with Gasteiger partial charge in [-0.1, -0.05) is 13.0 Å². The molecule has 2 rings (SSSR count). The molecule has 1 aromatic rings. The summed E-state index contributed by atoms with van der Waals surface area (Å²) >= 11 is 0. The topological polar surface area (TPSA) is 49.6 Å². The summed E-state index contributed by atoms with van der Waals surface area (Å²) in [5.41, 5.74) is 0. The Morgan fingerprint density at radius 3 is 3.00 bits per heavy atom. The molecule has 0 bridgehead atoms. The molecular weight excluding hydrogens is 353 g/mol. The summed E-state index contributed by atoms with van der Waals surface area (Å²) in [6.07, 6.45) is 5.58. The highest BCUT2D eigenvalue weighted by Crippen LogP contribution is 2.28. The van der Waals surface area contributed by atoms with E-state index in [2.05, 4.69) is 29.1 Å². The largest absolute Gasteiger partial charge is 0.469 e. The van der Waals surface area contributed by atoms with Crippen molar-refractivity contribution in [3.63, 3.8) is 0 Å². The normalized spacial score (nSPS) is 21.4. The van der Waals surface area contributed by atoms with E-state index >= 15 is 0 Å². The lowest BCUT2D eigenvalue weighted by Crippen LogP contribution is -2.39. The summed E-state index contributed by atoms with van der Waals surface area (Å²) in [7, 11) is 0. The maximum absolute atomic E-state index is 5.28. The van der Waals surface area contributed by atoms with Gasteiger partial charge >= 0.3 is 0 Å². The van der Waals surface area contributed by atoms with E-state index in [0.29, 0.717) is 6.04 Å². The molecule has 2 N–H and O–H groups in total. The number of guanidine groups is 1. The zero-order valence-corrected chi connectivity index (χ0v) is 13.6. The first-order valence-corrected chi connectivity index (χ1v) is 6.47. The molecule has 0 aliphatic heterocycles. The standard InChI is InChI=1S/C14H21N3O.HI/c1-3-7-15-14(17-13-10-11(13)2)16-8-6-12-5-4-9-18-12;/h3-5,9,11,13H,1,6-8,10H2,2H3,(H2,15,16,17);1H. The molecule has 4 nitrogen and oxygen atoms in total. The van der Waals surface area contributed by atoms with E-state index in [-0.39, 0.29) is 24.0 Å². The summed E-state index contributed by atoms with van der Waals surface area (Å²) in [5.74, 6) is 2.60. The van der Waals surface area contributed by atoms with Gasteiger partial charge < -0.3 is 15.1 Å². The van der Waals surface area contributed by atoms with Crippen LogP contribution in [0.25, 0.3) is 0 Å². The minimum atomic E-state index is 0. The Morgan fingerprint density at radius 2 is 2.42 bits per heavy atom. The van der Waals surface area contributed by atoms with Crippen molar-refractivity contribution >= 4 is 29.9 Å². The van der Waals surface area contributed by atoms with Gasteiger partial charge in [-0.3, -0.25) is 4.99 Å². The van der Waals surface area contributed by atoms with Gasteiger partial charge in [0.1, 0.15) is 5.76 Å². The second-order valence-corrected chi connectivity index (χ2v) is 4.69. The van der Waals surface area contributed by atoms with Gasteiger partial charge in [0, 0.05) is 25.6 Å². The summed E-state index contributed by atoms with van der Waals surface area (Å²) in [6, 6.07) is 4.45. The molecule has 0 saturated heterocycles. The molecule has 1 saturated carbocycles. The van der Waals surface area contributed by atoms with Crippen molar-refractivity contribution in [2.24, 2.45) is 10.9 Å². The molecule has 1 heterocycles. The van der Waals surface area contributed by atoms with Crippen LogP contribution in [0.15, 0.2) is 40.5 Å². The highest BCUT2D eigenvalue weighted by Gasteiger charge is 2.33. The predicted molar refractivity (Wildman–Crippen MR) is 89.0 cm³/mol. The maximum atomic E-state index is 5.28. The number of nitrogens with one attached hydrogen (secondary N) is 2. The first kappa shape index (κ1) is 16.1. The summed E-state index contributed by atoms with van der Waals surface area (Å²) in [5, 5.41) is 6.65. The van der Waals surface area contributed by atoms with Crippen molar-refractivity contribution < 1.29 is 4.42 Å². The average Bonchev–Trinajstić information content (AvgIpc) is 2.84.